The highest BCUT2D eigenvalue weighted by molar-refractivity contribution is 5.67. The number of rotatable bonds is 1. The Balaban J connectivity index is 2.23. The Morgan fingerprint density at radius 2 is 2.18 bits per heavy atom. The van der Waals surface area contributed by atoms with Crippen molar-refractivity contribution in [3.05, 3.63) is 48.4 Å². The summed E-state index contributed by atoms with van der Waals surface area (Å²) in [5.41, 5.74) is 9.70. The second-order valence-electron chi connectivity index (χ2n) is 4.04. The number of fused-ring (bicyclic) bond motifs is 1. The van der Waals surface area contributed by atoms with E-state index in [0.717, 1.165) is 11.3 Å². The summed E-state index contributed by atoms with van der Waals surface area (Å²) >= 11 is 0. The van der Waals surface area contributed by atoms with Crippen molar-refractivity contribution < 1.29 is 0 Å². The Morgan fingerprint density at radius 3 is 3.00 bits per heavy atom. The summed E-state index contributed by atoms with van der Waals surface area (Å²) in [5, 5.41) is 0. The second kappa shape index (κ2) is 3.59. The third kappa shape index (κ3) is 1.63. The van der Waals surface area contributed by atoms with Gasteiger partial charge in [0.2, 0.25) is 0 Å². The third-order valence-electron chi connectivity index (χ3n) is 2.71. The molecule has 2 N–H and O–H groups in total. The highest BCUT2D eigenvalue weighted by Crippen LogP contribution is 2.20. The number of imidazole rings is 1. The van der Waals surface area contributed by atoms with Crippen LogP contribution in [0.5, 0.6) is 0 Å². The van der Waals surface area contributed by atoms with E-state index in [1.165, 1.54) is 5.56 Å². The third-order valence-corrected chi connectivity index (χ3v) is 2.71. The number of nitrogens with zero attached hydrogens (tertiary/aromatic N) is 3. The molecule has 0 amide bonds. The molecule has 3 rings (SSSR count). The van der Waals surface area contributed by atoms with Gasteiger partial charge in [0.05, 0.1) is 5.69 Å². The first kappa shape index (κ1) is 9.84. The van der Waals surface area contributed by atoms with Gasteiger partial charge in [0.25, 0.3) is 0 Å². The van der Waals surface area contributed by atoms with Gasteiger partial charge in [-0.25, -0.2) is 9.97 Å². The van der Waals surface area contributed by atoms with Gasteiger partial charge in [0.15, 0.2) is 11.5 Å². The fourth-order valence-electron chi connectivity index (χ4n) is 1.90. The fraction of sp³-hybridized carbons (Fsp3) is 0.0769. The minimum absolute atomic E-state index is 0.453. The highest BCUT2D eigenvalue weighted by atomic mass is 15.0. The molecule has 0 radical (unpaired) electrons. The summed E-state index contributed by atoms with van der Waals surface area (Å²) in [6, 6.07) is 8.19. The molecule has 17 heavy (non-hydrogen) atoms. The maximum atomic E-state index is 5.88. The number of nitrogens with two attached hydrogens (primary N) is 1. The van der Waals surface area contributed by atoms with Gasteiger partial charge in [0.1, 0.15) is 0 Å². The molecule has 84 valence electrons. The number of benzene rings is 1. The fourth-order valence-corrected chi connectivity index (χ4v) is 1.90. The molecule has 0 bridgehead atoms. The van der Waals surface area contributed by atoms with Crippen molar-refractivity contribution in [3.8, 4) is 11.3 Å². The molecule has 0 aliphatic heterocycles. The van der Waals surface area contributed by atoms with E-state index in [1.807, 2.05) is 28.9 Å². The van der Waals surface area contributed by atoms with Crippen LogP contribution in [0.15, 0.2) is 42.9 Å². The number of aromatic nitrogens is 3. The van der Waals surface area contributed by atoms with E-state index in [1.54, 1.807) is 6.20 Å². The van der Waals surface area contributed by atoms with E-state index < -0.39 is 0 Å². The maximum Gasteiger partial charge on any atom is 0.179 e. The molecule has 4 nitrogen and oxygen atoms in total. The highest BCUT2D eigenvalue weighted by Gasteiger charge is 2.06. The van der Waals surface area contributed by atoms with Crippen molar-refractivity contribution in [1.29, 1.82) is 0 Å². The van der Waals surface area contributed by atoms with Gasteiger partial charge in [-0.1, -0.05) is 23.8 Å². The zero-order valence-corrected chi connectivity index (χ0v) is 9.46. The smallest absolute Gasteiger partial charge is 0.179 e. The molecule has 4 heteroatoms. The molecule has 1 aromatic carbocycles. The lowest BCUT2D eigenvalue weighted by molar-refractivity contribution is 1.14. The SMILES string of the molecule is Cc1cccc(-c2cn3ccnc3c(N)n2)c1. The Kier molecular flexibility index (Phi) is 2.08. The van der Waals surface area contributed by atoms with Crippen LogP contribution >= 0.6 is 0 Å². The number of aryl methyl sites for hydroxylation is 1. The van der Waals surface area contributed by atoms with Crippen LogP contribution in [-0.4, -0.2) is 14.4 Å². The molecular formula is C13H12N4. The van der Waals surface area contributed by atoms with Crippen LogP contribution in [0.2, 0.25) is 0 Å². The molecule has 0 atom stereocenters. The Hall–Kier alpha value is -2.36. The normalized spacial score (nSPS) is 10.9. The Bertz CT molecular complexity index is 685. The molecular weight excluding hydrogens is 212 g/mol. The van der Waals surface area contributed by atoms with Crippen LogP contribution in [0.4, 0.5) is 5.82 Å². The molecule has 0 saturated heterocycles. The minimum Gasteiger partial charge on any atom is -0.381 e. The number of anilines is 1. The molecule has 0 fully saturated rings. The second-order valence-corrected chi connectivity index (χ2v) is 4.04. The van der Waals surface area contributed by atoms with Crippen molar-refractivity contribution >= 4 is 11.5 Å². The molecule has 0 aliphatic rings. The summed E-state index contributed by atoms with van der Waals surface area (Å²) in [7, 11) is 0. The van der Waals surface area contributed by atoms with E-state index in [9.17, 15) is 0 Å². The molecule has 2 heterocycles. The van der Waals surface area contributed by atoms with Crippen LogP contribution in [0.1, 0.15) is 5.56 Å². The van der Waals surface area contributed by atoms with Gasteiger partial charge in [-0.3, -0.25) is 0 Å². The molecule has 3 aromatic rings. The molecule has 0 aliphatic carbocycles. The van der Waals surface area contributed by atoms with Gasteiger partial charge in [-0.2, -0.15) is 0 Å². The van der Waals surface area contributed by atoms with Crippen LogP contribution < -0.4 is 5.73 Å². The predicted molar refractivity (Wildman–Crippen MR) is 67.6 cm³/mol. The van der Waals surface area contributed by atoms with Gasteiger partial charge in [-0.05, 0) is 13.0 Å². The van der Waals surface area contributed by atoms with E-state index in [-0.39, 0.29) is 0 Å². The zero-order chi connectivity index (χ0) is 11.8. The van der Waals surface area contributed by atoms with E-state index in [0.29, 0.717) is 11.5 Å². The Labute approximate surface area is 98.8 Å². The lowest BCUT2D eigenvalue weighted by Crippen LogP contribution is -1.98. The van der Waals surface area contributed by atoms with Crippen LogP contribution in [0.25, 0.3) is 16.9 Å². The minimum atomic E-state index is 0.453. The van der Waals surface area contributed by atoms with Gasteiger partial charge in [0, 0.05) is 24.2 Å². The van der Waals surface area contributed by atoms with Crippen molar-refractivity contribution in [2.45, 2.75) is 6.92 Å². The van der Waals surface area contributed by atoms with Crippen molar-refractivity contribution in [3.63, 3.8) is 0 Å². The molecule has 0 saturated carbocycles. The van der Waals surface area contributed by atoms with E-state index in [4.69, 9.17) is 5.73 Å². The van der Waals surface area contributed by atoms with Crippen LogP contribution in [0.3, 0.4) is 0 Å². The lowest BCUT2D eigenvalue weighted by Gasteiger charge is -2.05. The van der Waals surface area contributed by atoms with E-state index in [2.05, 4.69) is 29.0 Å². The summed E-state index contributed by atoms with van der Waals surface area (Å²) in [6.45, 7) is 2.06. The van der Waals surface area contributed by atoms with Crippen LogP contribution in [-0.2, 0) is 0 Å². The number of nitrogen functional groups attached to an aromatic ring is 1. The largest absolute Gasteiger partial charge is 0.381 e. The summed E-state index contributed by atoms with van der Waals surface area (Å²) in [6.07, 6.45) is 5.52. The number of hydrogen-bond acceptors (Lipinski definition) is 3. The summed E-state index contributed by atoms with van der Waals surface area (Å²) in [5.74, 6) is 0.453. The van der Waals surface area contributed by atoms with Gasteiger partial charge < -0.3 is 10.1 Å². The van der Waals surface area contributed by atoms with Gasteiger partial charge >= 0.3 is 0 Å². The lowest BCUT2D eigenvalue weighted by atomic mass is 10.1. The first-order valence-corrected chi connectivity index (χ1v) is 5.40. The quantitative estimate of drug-likeness (QED) is 0.690. The molecule has 0 unspecified atom stereocenters. The first-order chi connectivity index (χ1) is 8.24. The summed E-state index contributed by atoms with van der Waals surface area (Å²) < 4.78 is 1.89. The molecule has 0 spiro atoms. The average molecular weight is 224 g/mol. The first-order valence-electron chi connectivity index (χ1n) is 5.40. The van der Waals surface area contributed by atoms with Crippen molar-refractivity contribution in [2.24, 2.45) is 0 Å². The summed E-state index contributed by atoms with van der Waals surface area (Å²) in [4.78, 5) is 8.53. The zero-order valence-electron chi connectivity index (χ0n) is 9.46. The molecule has 2 aromatic heterocycles. The van der Waals surface area contributed by atoms with Crippen LogP contribution in [0, 0.1) is 6.92 Å². The average Bonchev–Trinajstić information content (AvgIpc) is 2.77. The number of hydrogen-bond donors (Lipinski definition) is 1. The maximum absolute atomic E-state index is 5.88. The Morgan fingerprint density at radius 1 is 1.29 bits per heavy atom. The van der Waals surface area contributed by atoms with Gasteiger partial charge in [-0.15, -0.1) is 0 Å². The topological polar surface area (TPSA) is 56.2 Å². The standard InChI is InChI=1S/C13H12N4/c1-9-3-2-4-10(7-9)11-8-17-6-5-15-13(17)12(14)16-11/h2-8H,1H3,(H2,14,16). The predicted octanol–water partition coefficient (Wildman–Crippen LogP) is 2.29. The van der Waals surface area contributed by atoms with Crippen molar-refractivity contribution in [1.82, 2.24) is 14.4 Å². The van der Waals surface area contributed by atoms with E-state index >= 15 is 0 Å². The monoisotopic (exact) mass is 224 g/mol. The van der Waals surface area contributed by atoms with Crippen molar-refractivity contribution in [2.75, 3.05) is 5.73 Å².